The maximum absolute atomic E-state index is 10.8. The summed E-state index contributed by atoms with van der Waals surface area (Å²) in [5.41, 5.74) is 11.8. The molecule has 0 radical (unpaired) electrons. The lowest BCUT2D eigenvalue weighted by atomic mass is 9.80. The number of hydrogen-bond donors (Lipinski definition) is 1. The Kier molecular flexibility index (Phi) is 15.0. The predicted molar refractivity (Wildman–Crippen MR) is 247 cm³/mol. The summed E-state index contributed by atoms with van der Waals surface area (Å²) in [7, 11) is 1.95. The molecule has 5 heterocycles. The third-order valence-corrected chi connectivity index (χ3v) is 13.4. The van der Waals surface area contributed by atoms with Gasteiger partial charge in [0.1, 0.15) is 34.9 Å². The van der Waals surface area contributed by atoms with Crippen LogP contribution in [0.1, 0.15) is 144 Å². The van der Waals surface area contributed by atoms with Crippen molar-refractivity contribution in [2.75, 3.05) is 18.5 Å². The molecule has 9 rings (SSSR count). The number of thiophene rings is 1. The number of oxazole rings is 1. The summed E-state index contributed by atoms with van der Waals surface area (Å²) in [5, 5.41) is 27.0. The van der Waals surface area contributed by atoms with E-state index >= 15 is 0 Å². The summed E-state index contributed by atoms with van der Waals surface area (Å²) < 4.78 is 13.6. The Bertz CT molecular complexity index is 2530. The van der Waals surface area contributed by atoms with Gasteiger partial charge in [-0.3, -0.25) is 14.4 Å². The van der Waals surface area contributed by atoms with E-state index < -0.39 is 5.91 Å². The molecule has 1 amide bonds. The van der Waals surface area contributed by atoms with E-state index in [9.17, 15) is 4.79 Å². The number of fused-ring (bicyclic) bond motifs is 3. The summed E-state index contributed by atoms with van der Waals surface area (Å²) in [6, 6.07) is 19.5. The topological polar surface area (TPSA) is 174 Å². The van der Waals surface area contributed by atoms with Crippen LogP contribution in [0, 0.1) is 32.1 Å². The molecule has 1 unspecified atom stereocenters. The zero-order valence-electron chi connectivity index (χ0n) is 36.7. The maximum atomic E-state index is 10.8. The van der Waals surface area contributed by atoms with Crippen LogP contribution < -0.4 is 15.4 Å². The number of carbonyl (C=O) groups excluding carboxylic acids is 1. The Balaban J connectivity index is 0.000000161. The number of primary amides is 1. The van der Waals surface area contributed by atoms with Crippen LogP contribution in [0.2, 0.25) is 5.02 Å². The van der Waals surface area contributed by atoms with Crippen LogP contribution in [0.5, 0.6) is 5.75 Å². The highest BCUT2D eigenvalue weighted by Gasteiger charge is 2.32. The molecule has 2 saturated carbocycles. The van der Waals surface area contributed by atoms with Gasteiger partial charge in [0.05, 0.1) is 35.0 Å². The van der Waals surface area contributed by atoms with E-state index in [1.165, 1.54) is 60.1 Å². The average molecular weight is 888 g/mol. The first-order valence-corrected chi connectivity index (χ1v) is 23.0. The Labute approximate surface area is 378 Å². The molecule has 4 aromatic heterocycles. The van der Waals surface area contributed by atoms with Crippen molar-refractivity contribution in [2.24, 2.45) is 10.7 Å². The number of aliphatic imine (C=N–C) groups is 1. The van der Waals surface area contributed by atoms with Crippen LogP contribution in [0.15, 0.2) is 76.5 Å². The smallest absolute Gasteiger partial charge is 0.269 e. The molecule has 1 aliphatic heterocycles. The summed E-state index contributed by atoms with van der Waals surface area (Å²) >= 11 is 7.73. The van der Waals surface area contributed by atoms with Crippen LogP contribution in [0.25, 0.3) is 5.00 Å². The highest BCUT2D eigenvalue weighted by molar-refractivity contribution is 7.15. The monoisotopic (exact) mass is 886 g/mol. The van der Waals surface area contributed by atoms with Crippen molar-refractivity contribution < 1.29 is 13.9 Å². The minimum absolute atomic E-state index is 0.197. The Morgan fingerprint density at radius 1 is 1.00 bits per heavy atom. The molecule has 2 aromatic carbocycles. The van der Waals surface area contributed by atoms with Crippen molar-refractivity contribution in [1.29, 1.82) is 5.26 Å². The molecule has 6 aromatic rings. The number of halogens is 1. The van der Waals surface area contributed by atoms with E-state index in [2.05, 4.69) is 75.0 Å². The number of hydrogen-bond acceptors (Lipinski definition) is 12. The van der Waals surface area contributed by atoms with E-state index in [1.54, 1.807) is 48.1 Å². The largest absolute Gasteiger partial charge is 0.490 e. The number of amides is 1. The van der Waals surface area contributed by atoms with E-state index in [0.29, 0.717) is 29.0 Å². The molecule has 1 atom stereocenters. The summed E-state index contributed by atoms with van der Waals surface area (Å²) in [6.07, 6.45) is 16.4. The highest BCUT2D eigenvalue weighted by Crippen LogP contribution is 2.41. The number of nitrogens with two attached hydrogens (primary N) is 1. The lowest BCUT2D eigenvalue weighted by Gasteiger charge is -2.26. The molecule has 3 aliphatic rings. The molecule has 0 spiro atoms. The fourth-order valence-electron chi connectivity index (χ4n) is 7.90. The average Bonchev–Trinajstić information content (AvgIpc) is 3.98. The fraction of sp³-hybridized carbons (Fsp3) is 0.417. The molecular weight excluding hydrogens is 832 g/mol. The maximum Gasteiger partial charge on any atom is 0.269 e. The van der Waals surface area contributed by atoms with E-state index in [1.807, 2.05) is 31.0 Å². The van der Waals surface area contributed by atoms with E-state index in [0.717, 1.165) is 77.6 Å². The second-order valence-corrected chi connectivity index (χ2v) is 17.9. The number of benzene rings is 2. The first-order valence-electron chi connectivity index (χ1n) is 21.8. The summed E-state index contributed by atoms with van der Waals surface area (Å²) in [6.45, 7) is 9.44. The van der Waals surface area contributed by atoms with Crippen LogP contribution >= 0.6 is 22.9 Å². The number of aromatic nitrogens is 6. The highest BCUT2D eigenvalue weighted by atomic mass is 35.5. The van der Waals surface area contributed by atoms with Gasteiger partial charge < -0.3 is 19.8 Å². The standard InChI is InChI=1S/C25H25N5OS.C13H14ClNO.C10H16N4O/c1-14-15(2)32-25-22(14)23(19-9-7-18(8-10-19)17-5-4-6-17)27-20(13-21-26-11-12-31-21)24-29-28-16(3)30(24)25;14-13-8-12(7-6-10(13)9-15)16-11-4-2-1-3-5-11;1-3-4-7-14(2)9-6-5-8(10(11)15)12-13-9/h7-12,17,20H,4-6,13H2,1-3H3;6-8,11H,1-5H2;5-6H,3-4,7H2,1-2H3,(H2,11,15). The Hall–Kier alpha value is -5.91. The Morgan fingerprint density at radius 2 is 1.78 bits per heavy atom. The van der Waals surface area contributed by atoms with E-state index in [4.69, 9.17) is 36.7 Å². The van der Waals surface area contributed by atoms with Crippen LogP contribution in [0.3, 0.4) is 0 Å². The third-order valence-electron chi connectivity index (χ3n) is 11.9. The van der Waals surface area contributed by atoms with Crippen molar-refractivity contribution in [3.63, 3.8) is 0 Å². The van der Waals surface area contributed by atoms with Gasteiger partial charge in [-0.05, 0) is 107 Å². The number of nitrogens with zero attached hydrogens (tertiary/aromatic N) is 9. The first-order chi connectivity index (χ1) is 30.5. The fourth-order valence-corrected chi connectivity index (χ4v) is 9.33. The van der Waals surface area contributed by atoms with Crippen LogP contribution in [0.4, 0.5) is 5.82 Å². The number of aryl methyl sites for hydroxylation is 2. The number of carbonyl (C=O) groups is 1. The van der Waals surface area contributed by atoms with Crippen LogP contribution in [-0.2, 0) is 6.42 Å². The van der Waals surface area contributed by atoms with Gasteiger partial charge >= 0.3 is 0 Å². The molecule has 15 heteroatoms. The number of ether oxygens (including phenoxy) is 1. The molecule has 63 heavy (non-hydrogen) atoms. The van der Waals surface area contributed by atoms with Gasteiger partial charge in [-0.2, -0.15) is 5.26 Å². The van der Waals surface area contributed by atoms with Gasteiger partial charge in [0.2, 0.25) is 0 Å². The molecule has 13 nitrogen and oxygen atoms in total. The number of rotatable bonds is 11. The Morgan fingerprint density at radius 3 is 2.40 bits per heavy atom. The minimum Gasteiger partial charge on any atom is -0.490 e. The number of nitriles is 1. The van der Waals surface area contributed by atoms with Crippen molar-refractivity contribution in [1.82, 2.24) is 29.9 Å². The molecule has 2 aliphatic carbocycles. The zero-order valence-corrected chi connectivity index (χ0v) is 38.3. The zero-order chi connectivity index (χ0) is 44.5. The second-order valence-electron chi connectivity index (χ2n) is 16.3. The van der Waals surface area contributed by atoms with E-state index in [-0.39, 0.29) is 11.7 Å². The quantitative estimate of drug-likeness (QED) is 0.132. The lowest BCUT2D eigenvalue weighted by molar-refractivity contribution is 0.0994. The molecule has 2 N–H and O–H groups in total. The lowest BCUT2D eigenvalue weighted by Crippen LogP contribution is -2.21. The second kappa shape index (κ2) is 21.0. The first kappa shape index (κ1) is 45.1. The summed E-state index contributed by atoms with van der Waals surface area (Å²) in [4.78, 5) is 23.7. The van der Waals surface area contributed by atoms with Gasteiger partial charge in [0, 0.05) is 35.7 Å². The van der Waals surface area contributed by atoms with Crippen molar-refractivity contribution in [3.8, 4) is 16.8 Å². The molecular formula is C48H55ClN10O3S. The summed E-state index contributed by atoms with van der Waals surface area (Å²) in [5.74, 6) is 4.07. The van der Waals surface area contributed by atoms with Gasteiger partial charge in [-0.15, -0.1) is 31.7 Å². The minimum atomic E-state index is -0.551. The van der Waals surface area contributed by atoms with Gasteiger partial charge in [0.25, 0.3) is 5.91 Å². The van der Waals surface area contributed by atoms with Crippen molar-refractivity contribution in [2.45, 2.75) is 116 Å². The SMILES string of the molecule is CCCCN(C)c1ccc(C(N)=O)nn1.Cc1sc2c(c1C)C(c1ccc(C3CCC3)cc1)=NC(Cc1ncco1)c1nnc(C)n1-2.N#Cc1ccc(OC2CCCCC2)cc1Cl. The molecule has 0 bridgehead atoms. The number of anilines is 1. The van der Waals surface area contributed by atoms with Crippen molar-refractivity contribution in [3.05, 3.63) is 128 Å². The molecule has 2 fully saturated rings. The predicted octanol–water partition coefficient (Wildman–Crippen LogP) is 10.4. The van der Waals surface area contributed by atoms with Gasteiger partial charge in [-0.1, -0.05) is 62.1 Å². The van der Waals surface area contributed by atoms with Crippen molar-refractivity contribution >= 4 is 40.4 Å². The third kappa shape index (κ3) is 10.8. The van der Waals surface area contributed by atoms with Gasteiger partial charge in [-0.25, -0.2) is 4.98 Å². The normalized spacial score (nSPS) is 15.8. The molecule has 328 valence electrons. The molecule has 0 saturated heterocycles. The van der Waals surface area contributed by atoms with Gasteiger partial charge in [0.15, 0.2) is 23.2 Å². The van der Waals surface area contributed by atoms with Crippen LogP contribution in [-0.4, -0.2) is 61.3 Å². The number of unbranched alkanes of at least 4 members (excludes halogenated alkanes) is 1.